The molecule has 4 rings (SSSR count). The fraction of sp³-hybridized carbons (Fsp3) is 0.238. The second-order valence-electron chi connectivity index (χ2n) is 7.07. The third-order valence-electron chi connectivity index (χ3n) is 5.43. The Balaban J connectivity index is 1.72. The van der Waals surface area contributed by atoms with Gasteiger partial charge in [-0.3, -0.25) is 14.5 Å². The Hall–Kier alpha value is -3.86. The number of benzene rings is 2. The normalized spacial score (nSPS) is 20.5. The van der Waals surface area contributed by atoms with E-state index in [0.717, 1.165) is 10.5 Å². The molecule has 8 nitrogen and oxygen atoms in total. The van der Waals surface area contributed by atoms with E-state index in [4.69, 9.17) is 10.00 Å². The van der Waals surface area contributed by atoms with Gasteiger partial charge >= 0.3 is 6.03 Å². The molecule has 2 aliphatic rings. The van der Waals surface area contributed by atoms with Crippen molar-refractivity contribution in [1.29, 1.82) is 5.26 Å². The zero-order valence-corrected chi connectivity index (χ0v) is 15.9. The first kappa shape index (κ1) is 18.5. The van der Waals surface area contributed by atoms with Crippen LogP contribution in [0.15, 0.2) is 42.5 Å². The lowest BCUT2D eigenvalue weighted by Gasteiger charge is -2.31. The second-order valence-corrected chi connectivity index (χ2v) is 7.07. The van der Waals surface area contributed by atoms with Crippen LogP contribution in [0.1, 0.15) is 27.0 Å². The van der Waals surface area contributed by atoms with Crippen molar-refractivity contribution in [3.05, 3.63) is 64.7 Å². The molecular formula is C21H18N4O4. The minimum Gasteiger partial charge on any atom is -0.497 e. The highest BCUT2D eigenvalue weighted by Crippen LogP contribution is 2.34. The molecule has 1 saturated heterocycles. The summed E-state index contributed by atoms with van der Waals surface area (Å²) in [7, 11) is 2.93. The number of likely N-dealkylation sites (N-methyl/N-ethyl adjacent to an activating group) is 1. The predicted molar refractivity (Wildman–Crippen MR) is 102 cm³/mol. The molecule has 2 aromatic rings. The van der Waals surface area contributed by atoms with E-state index >= 15 is 0 Å². The molecule has 0 radical (unpaired) electrons. The van der Waals surface area contributed by atoms with Crippen LogP contribution < -0.4 is 10.1 Å². The van der Waals surface area contributed by atoms with Gasteiger partial charge in [0.15, 0.2) is 5.54 Å². The van der Waals surface area contributed by atoms with Crippen molar-refractivity contribution >= 4 is 17.8 Å². The van der Waals surface area contributed by atoms with E-state index in [9.17, 15) is 14.4 Å². The summed E-state index contributed by atoms with van der Waals surface area (Å²) in [6.07, 6.45) is 0. The van der Waals surface area contributed by atoms with Gasteiger partial charge in [0.1, 0.15) is 5.75 Å². The van der Waals surface area contributed by atoms with Gasteiger partial charge < -0.3 is 15.0 Å². The summed E-state index contributed by atoms with van der Waals surface area (Å²) in [5.74, 6) is -0.109. The third kappa shape index (κ3) is 2.79. The van der Waals surface area contributed by atoms with E-state index in [1.165, 1.54) is 14.2 Å². The van der Waals surface area contributed by atoms with Crippen LogP contribution in [0.2, 0.25) is 0 Å². The number of urea groups is 1. The standard InChI is InChI=1S/C21H18N4O4/c1-24-19(27)21(23-20(24)28,15-6-3-13(10-22)4-7-15)12-25-11-14-5-8-16(29-2)9-17(14)18(25)26/h3-9H,11-12H2,1-2H3,(H,23,28). The number of carbonyl (C=O) groups excluding carboxylic acids is 3. The summed E-state index contributed by atoms with van der Waals surface area (Å²) in [5, 5.41) is 11.8. The molecule has 1 atom stereocenters. The lowest BCUT2D eigenvalue weighted by atomic mass is 9.88. The van der Waals surface area contributed by atoms with Crippen molar-refractivity contribution in [2.24, 2.45) is 0 Å². The molecule has 29 heavy (non-hydrogen) atoms. The smallest absolute Gasteiger partial charge is 0.325 e. The molecule has 4 amide bonds. The van der Waals surface area contributed by atoms with Gasteiger partial charge in [-0.05, 0) is 35.4 Å². The minimum atomic E-state index is -1.42. The van der Waals surface area contributed by atoms with Gasteiger partial charge in [0.2, 0.25) is 0 Å². The highest BCUT2D eigenvalue weighted by molar-refractivity contribution is 6.08. The number of hydrogen-bond acceptors (Lipinski definition) is 5. The molecule has 2 aliphatic heterocycles. The van der Waals surface area contributed by atoms with Crippen LogP contribution in [0.25, 0.3) is 0 Å². The number of carbonyl (C=O) groups is 3. The molecule has 2 aromatic carbocycles. The lowest BCUT2D eigenvalue weighted by molar-refractivity contribution is -0.131. The second kappa shape index (κ2) is 6.63. The van der Waals surface area contributed by atoms with E-state index < -0.39 is 17.5 Å². The van der Waals surface area contributed by atoms with Crippen LogP contribution in [0.3, 0.4) is 0 Å². The number of fused-ring (bicyclic) bond motifs is 1. The average Bonchev–Trinajstić information content (AvgIpc) is 3.17. The van der Waals surface area contributed by atoms with Gasteiger partial charge in [0.25, 0.3) is 11.8 Å². The van der Waals surface area contributed by atoms with Crippen molar-refractivity contribution in [3.63, 3.8) is 0 Å². The summed E-state index contributed by atoms with van der Waals surface area (Å²) in [4.78, 5) is 40.9. The molecule has 146 valence electrons. The Kier molecular flexibility index (Phi) is 4.23. The zero-order chi connectivity index (χ0) is 20.8. The number of methoxy groups -OCH3 is 1. The number of rotatable bonds is 4. The van der Waals surface area contributed by atoms with Crippen LogP contribution in [-0.2, 0) is 16.9 Å². The molecule has 1 fully saturated rings. The van der Waals surface area contributed by atoms with Crippen LogP contribution >= 0.6 is 0 Å². The first-order valence-electron chi connectivity index (χ1n) is 8.97. The Labute approximate surface area is 167 Å². The molecule has 0 spiro atoms. The first-order chi connectivity index (χ1) is 13.9. The maximum Gasteiger partial charge on any atom is 0.325 e. The minimum absolute atomic E-state index is 0.0242. The molecule has 0 aliphatic carbocycles. The predicted octanol–water partition coefficient (Wildman–Crippen LogP) is 1.60. The van der Waals surface area contributed by atoms with Gasteiger partial charge in [-0.2, -0.15) is 5.26 Å². The average molecular weight is 390 g/mol. The number of ether oxygens (including phenoxy) is 1. The fourth-order valence-electron chi connectivity index (χ4n) is 3.80. The summed E-state index contributed by atoms with van der Waals surface area (Å²) in [6, 6.07) is 13.2. The number of nitrogens with one attached hydrogen (secondary N) is 1. The molecule has 1 N–H and O–H groups in total. The SMILES string of the molecule is COc1ccc2c(c1)C(=O)N(CC1(c3ccc(C#N)cc3)NC(=O)N(C)C1=O)C2. The molecular weight excluding hydrogens is 372 g/mol. The zero-order valence-electron chi connectivity index (χ0n) is 15.9. The third-order valence-corrected chi connectivity index (χ3v) is 5.43. The van der Waals surface area contributed by atoms with E-state index in [1.807, 2.05) is 12.1 Å². The monoisotopic (exact) mass is 390 g/mol. The number of hydrogen-bond donors (Lipinski definition) is 1. The molecule has 0 aromatic heterocycles. The Morgan fingerprint density at radius 1 is 1.17 bits per heavy atom. The van der Waals surface area contributed by atoms with Gasteiger partial charge in [0.05, 0.1) is 25.3 Å². The Morgan fingerprint density at radius 3 is 2.48 bits per heavy atom. The summed E-state index contributed by atoms with van der Waals surface area (Å²) >= 11 is 0. The number of imide groups is 1. The molecule has 8 heteroatoms. The molecule has 1 unspecified atom stereocenters. The van der Waals surface area contributed by atoms with Crippen molar-refractivity contribution in [3.8, 4) is 11.8 Å². The summed E-state index contributed by atoms with van der Waals surface area (Å²) in [5.41, 5.74) is 0.883. The number of nitriles is 1. The summed E-state index contributed by atoms with van der Waals surface area (Å²) < 4.78 is 5.20. The lowest BCUT2D eigenvalue weighted by Crippen LogP contribution is -2.52. The van der Waals surface area contributed by atoms with Crippen molar-refractivity contribution < 1.29 is 19.1 Å². The fourth-order valence-corrected chi connectivity index (χ4v) is 3.80. The highest BCUT2D eigenvalue weighted by Gasteiger charge is 2.53. The van der Waals surface area contributed by atoms with Crippen LogP contribution in [0.5, 0.6) is 5.75 Å². The maximum absolute atomic E-state index is 13.1. The van der Waals surface area contributed by atoms with Gasteiger partial charge in [-0.15, -0.1) is 0 Å². The van der Waals surface area contributed by atoms with Crippen LogP contribution in [0, 0.1) is 11.3 Å². The molecule has 0 bridgehead atoms. The first-order valence-corrected chi connectivity index (χ1v) is 8.97. The Bertz CT molecular complexity index is 1070. The van der Waals surface area contributed by atoms with E-state index in [2.05, 4.69) is 5.32 Å². The van der Waals surface area contributed by atoms with Crippen LogP contribution in [0.4, 0.5) is 4.79 Å². The largest absolute Gasteiger partial charge is 0.497 e. The number of nitrogens with zero attached hydrogens (tertiary/aromatic N) is 3. The van der Waals surface area contributed by atoms with Crippen molar-refractivity contribution in [2.45, 2.75) is 12.1 Å². The topological polar surface area (TPSA) is 103 Å². The van der Waals surface area contributed by atoms with Gasteiger partial charge in [-0.1, -0.05) is 18.2 Å². The van der Waals surface area contributed by atoms with Gasteiger partial charge in [-0.25, -0.2) is 4.79 Å². The maximum atomic E-state index is 13.1. The van der Waals surface area contributed by atoms with E-state index in [-0.39, 0.29) is 12.5 Å². The van der Waals surface area contributed by atoms with E-state index in [1.54, 1.807) is 41.3 Å². The van der Waals surface area contributed by atoms with Gasteiger partial charge in [0, 0.05) is 19.2 Å². The van der Waals surface area contributed by atoms with Crippen molar-refractivity contribution in [1.82, 2.24) is 15.1 Å². The van der Waals surface area contributed by atoms with E-state index in [0.29, 0.717) is 29.0 Å². The van der Waals surface area contributed by atoms with Crippen LogP contribution in [-0.4, -0.2) is 48.3 Å². The Morgan fingerprint density at radius 2 is 1.90 bits per heavy atom. The highest BCUT2D eigenvalue weighted by atomic mass is 16.5. The molecule has 0 saturated carbocycles. The quantitative estimate of drug-likeness (QED) is 0.799. The van der Waals surface area contributed by atoms with Crippen molar-refractivity contribution in [2.75, 3.05) is 20.7 Å². The number of amides is 4. The molecule has 2 heterocycles. The summed E-state index contributed by atoms with van der Waals surface area (Å²) in [6.45, 7) is 0.298.